The maximum atomic E-state index is 13.0. The largest absolute Gasteiger partial charge is 0.354 e. The molecular formula is C10H13FN4. The van der Waals surface area contributed by atoms with E-state index in [4.69, 9.17) is 5.73 Å². The molecule has 0 saturated carbocycles. The van der Waals surface area contributed by atoms with E-state index in [1.807, 2.05) is 11.6 Å². The number of halogens is 1. The van der Waals surface area contributed by atoms with Gasteiger partial charge in [0.05, 0.1) is 11.0 Å². The Morgan fingerprint density at radius 3 is 3.07 bits per heavy atom. The molecule has 1 aromatic carbocycles. The van der Waals surface area contributed by atoms with E-state index in [-0.39, 0.29) is 5.82 Å². The predicted octanol–water partition coefficient (Wildman–Crippen LogP) is 1.08. The van der Waals surface area contributed by atoms with Gasteiger partial charge in [-0.2, -0.15) is 0 Å². The highest BCUT2D eigenvalue weighted by Crippen LogP contribution is 2.18. The van der Waals surface area contributed by atoms with Crippen LogP contribution in [0.15, 0.2) is 18.2 Å². The van der Waals surface area contributed by atoms with Crippen LogP contribution in [0.1, 0.15) is 0 Å². The summed E-state index contributed by atoms with van der Waals surface area (Å²) in [6.07, 6.45) is 0. The summed E-state index contributed by atoms with van der Waals surface area (Å²) < 4.78 is 14.8. The Morgan fingerprint density at radius 2 is 2.33 bits per heavy atom. The van der Waals surface area contributed by atoms with Crippen molar-refractivity contribution < 1.29 is 4.39 Å². The lowest BCUT2D eigenvalue weighted by atomic mass is 10.3. The van der Waals surface area contributed by atoms with E-state index in [0.29, 0.717) is 19.0 Å². The normalized spacial score (nSPS) is 10.9. The predicted molar refractivity (Wildman–Crippen MR) is 58.2 cm³/mol. The first kappa shape index (κ1) is 9.92. The lowest BCUT2D eigenvalue weighted by Gasteiger charge is -2.03. The molecule has 0 fully saturated rings. The van der Waals surface area contributed by atoms with E-state index >= 15 is 0 Å². The van der Waals surface area contributed by atoms with Crippen molar-refractivity contribution in [3.05, 3.63) is 24.0 Å². The number of imidazole rings is 1. The highest BCUT2D eigenvalue weighted by atomic mass is 19.1. The minimum atomic E-state index is -0.254. The number of aryl methyl sites for hydroxylation is 1. The van der Waals surface area contributed by atoms with Gasteiger partial charge in [0.2, 0.25) is 5.95 Å². The number of hydrogen-bond acceptors (Lipinski definition) is 3. The molecule has 0 aliphatic rings. The molecule has 15 heavy (non-hydrogen) atoms. The molecule has 2 rings (SSSR count). The number of nitrogens with zero attached hydrogens (tertiary/aromatic N) is 2. The molecule has 1 aromatic heterocycles. The van der Waals surface area contributed by atoms with Crippen molar-refractivity contribution >= 4 is 17.0 Å². The van der Waals surface area contributed by atoms with E-state index in [9.17, 15) is 4.39 Å². The number of nitrogens with two attached hydrogens (primary N) is 1. The number of hydrogen-bond donors (Lipinski definition) is 2. The van der Waals surface area contributed by atoms with Crippen LogP contribution in [0, 0.1) is 5.82 Å². The van der Waals surface area contributed by atoms with E-state index < -0.39 is 0 Å². The first-order valence-electron chi connectivity index (χ1n) is 4.78. The number of anilines is 1. The standard InChI is InChI=1S/C10H13FN4/c1-15-9-6-7(11)2-3-8(9)14-10(15)13-5-4-12/h2-3,6H,4-5,12H2,1H3,(H,13,14). The molecule has 0 aliphatic carbocycles. The average Bonchev–Trinajstić information content (AvgIpc) is 2.53. The Bertz CT molecular complexity index is 477. The van der Waals surface area contributed by atoms with Gasteiger partial charge in [0.1, 0.15) is 5.82 Å². The van der Waals surface area contributed by atoms with Crippen LogP contribution >= 0.6 is 0 Å². The zero-order chi connectivity index (χ0) is 10.8. The fraction of sp³-hybridized carbons (Fsp3) is 0.300. The Balaban J connectivity index is 2.45. The van der Waals surface area contributed by atoms with E-state index in [0.717, 1.165) is 11.0 Å². The Kier molecular flexibility index (Phi) is 2.55. The van der Waals surface area contributed by atoms with Gasteiger partial charge >= 0.3 is 0 Å². The molecule has 5 heteroatoms. The van der Waals surface area contributed by atoms with Gasteiger partial charge in [-0.15, -0.1) is 0 Å². The van der Waals surface area contributed by atoms with Gasteiger partial charge < -0.3 is 15.6 Å². The van der Waals surface area contributed by atoms with Crippen molar-refractivity contribution in [3.63, 3.8) is 0 Å². The Morgan fingerprint density at radius 1 is 1.53 bits per heavy atom. The molecule has 4 nitrogen and oxygen atoms in total. The quantitative estimate of drug-likeness (QED) is 0.793. The lowest BCUT2D eigenvalue weighted by molar-refractivity contribution is 0.629. The second-order valence-electron chi connectivity index (χ2n) is 3.34. The van der Waals surface area contributed by atoms with Crippen LogP contribution in [0.2, 0.25) is 0 Å². The maximum Gasteiger partial charge on any atom is 0.203 e. The molecule has 1 heterocycles. The van der Waals surface area contributed by atoms with Crippen LogP contribution in [-0.4, -0.2) is 22.6 Å². The maximum absolute atomic E-state index is 13.0. The lowest BCUT2D eigenvalue weighted by Crippen LogP contribution is -2.15. The van der Waals surface area contributed by atoms with Crippen LogP contribution in [0.4, 0.5) is 10.3 Å². The minimum Gasteiger partial charge on any atom is -0.354 e. The molecule has 80 valence electrons. The van der Waals surface area contributed by atoms with Gasteiger partial charge in [-0.1, -0.05) is 0 Å². The van der Waals surface area contributed by atoms with Crippen molar-refractivity contribution in [2.24, 2.45) is 12.8 Å². The number of rotatable bonds is 3. The van der Waals surface area contributed by atoms with Crippen molar-refractivity contribution in [1.82, 2.24) is 9.55 Å². The highest BCUT2D eigenvalue weighted by molar-refractivity contribution is 5.78. The summed E-state index contributed by atoms with van der Waals surface area (Å²) in [6.45, 7) is 1.19. The average molecular weight is 208 g/mol. The van der Waals surface area contributed by atoms with Crippen molar-refractivity contribution in [1.29, 1.82) is 0 Å². The summed E-state index contributed by atoms with van der Waals surface area (Å²) in [5.74, 6) is 0.455. The SMILES string of the molecule is Cn1c(NCCN)nc2ccc(F)cc21. The van der Waals surface area contributed by atoms with Crippen LogP contribution in [0.5, 0.6) is 0 Å². The van der Waals surface area contributed by atoms with Gasteiger partial charge in [0.25, 0.3) is 0 Å². The molecule has 0 unspecified atom stereocenters. The van der Waals surface area contributed by atoms with Crippen LogP contribution < -0.4 is 11.1 Å². The third-order valence-corrected chi connectivity index (χ3v) is 2.27. The van der Waals surface area contributed by atoms with Crippen LogP contribution in [-0.2, 0) is 7.05 Å². The molecule has 2 aromatic rings. The van der Waals surface area contributed by atoms with Crippen molar-refractivity contribution in [2.45, 2.75) is 0 Å². The first-order valence-corrected chi connectivity index (χ1v) is 4.78. The van der Waals surface area contributed by atoms with Gasteiger partial charge in [0, 0.05) is 20.1 Å². The van der Waals surface area contributed by atoms with Crippen LogP contribution in [0.25, 0.3) is 11.0 Å². The van der Waals surface area contributed by atoms with Gasteiger partial charge in [0.15, 0.2) is 0 Å². The Labute approximate surface area is 86.9 Å². The molecule has 0 spiro atoms. The Hall–Kier alpha value is -1.62. The molecule has 0 aliphatic heterocycles. The third kappa shape index (κ3) is 1.78. The molecule has 0 atom stereocenters. The molecule has 0 bridgehead atoms. The highest BCUT2D eigenvalue weighted by Gasteiger charge is 2.07. The topological polar surface area (TPSA) is 55.9 Å². The summed E-state index contributed by atoms with van der Waals surface area (Å²) in [5.41, 5.74) is 6.93. The van der Waals surface area contributed by atoms with Crippen LogP contribution in [0.3, 0.4) is 0 Å². The zero-order valence-electron chi connectivity index (χ0n) is 8.50. The van der Waals surface area contributed by atoms with E-state index in [2.05, 4.69) is 10.3 Å². The molecular weight excluding hydrogens is 195 g/mol. The fourth-order valence-electron chi connectivity index (χ4n) is 1.51. The summed E-state index contributed by atoms with van der Waals surface area (Å²) in [6, 6.07) is 4.54. The minimum absolute atomic E-state index is 0.254. The number of aromatic nitrogens is 2. The summed E-state index contributed by atoms with van der Waals surface area (Å²) in [7, 11) is 1.84. The van der Waals surface area contributed by atoms with Crippen molar-refractivity contribution in [2.75, 3.05) is 18.4 Å². The van der Waals surface area contributed by atoms with E-state index in [1.165, 1.54) is 12.1 Å². The zero-order valence-corrected chi connectivity index (χ0v) is 8.50. The molecule has 0 radical (unpaired) electrons. The molecule has 3 N–H and O–H groups in total. The monoisotopic (exact) mass is 208 g/mol. The molecule has 0 saturated heterocycles. The smallest absolute Gasteiger partial charge is 0.203 e. The number of nitrogens with one attached hydrogen (secondary N) is 1. The van der Waals surface area contributed by atoms with Gasteiger partial charge in [-0.25, -0.2) is 9.37 Å². The summed E-state index contributed by atoms with van der Waals surface area (Å²) in [5, 5.41) is 3.08. The summed E-state index contributed by atoms with van der Waals surface area (Å²) in [4.78, 5) is 4.32. The van der Waals surface area contributed by atoms with Gasteiger partial charge in [-0.05, 0) is 18.2 Å². The number of fused-ring (bicyclic) bond motifs is 1. The summed E-state index contributed by atoms with van der Waals surface area (Å²) >= 11 is 0. The second kappa shape index (κ2) is 3.86. The van der Waals surface area contributed by atoms with Crippen molar-refractivity contribution in [3.8, 4) is 0 Å². The van der Waals surface area contributed by atoms with Gasteiger partial charge in [-0.3, -0.25) is 0 Å². The second-order valence-corrected chi connectivity index (χ2v) is 3.34. The first-order chi connectivity index (χ1) is 7.22. The van der Waals surface area contributed by atoms with E-state index in [1.54, 1.807) is 6.07 Å². The molecule has 0 amide bonds. The third-order valence-electron chi connectivity index (χ3n) is 2.27. The fourth-order valence-corrected chi connectivity index (χ4v) is 1.51. The number of benzene rings is 1.